The van der Waals surface area contributed by atoms with Crippen LogP contribution < -0.4 is 0 Å². The Morgan fingerprint density at radius 3 is 2.45 bits per heavy atom. The lowest BCUT2D eigenvalue weighted by Gasteiger charge is -2.34. The number of carbonyl (C=O) groups is 2. The molecule has 3 rings (SSSR count). The van der Waals surface area contributed by atoms with Gasteiger partial charge in [-0.1, -0.05) is 18.2 Å². The zero-order valence-corrected chi connectivity index (χ0v) is 13.8. The highest BCUT2D eigenvalue weighted by molar-refractivity contribution is 6.12. The number of Topliss-reactive ketones (excluding diaryl/α,β-unsaturated/α-hetero) is 1. The molecule has 0 unspecified atom stereocenters. The van der Waals surface area contributed by atoms with Crippen molar-refractivity contribution in [2.24, 2.45) is 5.41 Å². The van der Waals surface area contributed by atoms with Crippen LogP contribution >= 0.6 is 0 Å². The van der Waals surface area contributed by atoms with E-state index in [0.717, 1.165) is 6.54 Å². The first-order chi connectivity index (χ1) is 10.4. The second-order valence-corrected chi connectivity index (χ2v) is 6.92. The van der Waals surface area contributed by atoms with Gasteiger partial charge in [-0.05, 0) is 33.8 Å². The number of hydrogen-bond acceptors (Lipinski definition) is 3. The van der Waals surface area contributed by atoms with Crippen LogP contribution in [0.4, 0.5) is 0 Å². The van der Waals surface area contributed by atoms with Gasteiger partial charge in [0.15, 0.2) is 5.78 Å². The first-order valence-electron chi connectivity index (χ1n) is 8.09. The van der Waals surface area contributed by atoms with Gasteiger partial charge in [0.1, 0.15) is 0 Å². The van der Waals surface area contributed by atoms with Crippen molar-refractivity contribution < 1.29 is 9.59 Å². The molecule has 0 N–H and O–H groups in total. The third kappa shape index (κ3) is 2.01. The molecule has 0 spiro atoms. The number of amides is 1. The van der Waals surface area contributed by atoms with Gasteiger partial charge in [-0.15, -0.1) is 0 Å². The molecule has 1 aromatic rings. The van der Waals surface area contributed by atoms with Gasteiger partial charge in [0, 0.05) is 31.2 Å². The molecule has 2 aliphatic rings. The zero-order chi connectivity index (χ0) is 16.1. The first-order valence-corrected chi connectivity index (χ1v) is 8.09. The van der Waals surface area contributed by atoms with E-state index in [-0.39, 0.29) is 17.7 Å². The average Bonchev–Trinajstić information content (AvgIpc) is 2.84. The van der Waals surface area contributed by atoms with Gasteiger partial charge in [0.05, 0.1) is 17.0 Å². The molecule has 0 aromatic heterocycles. The normalized spacial score (nSPS) is 28.8. The predicted molar refractivity (Wildman–Crippen MR) is 86.1 cm³/mol. The summed E-state index contributed by atoms with van der Waals surface area (Å²) in [5.74, 6) is 0.103. The van der Waals surface area contributed by atoms with Crippen molar-refractivity contribution in [2.75, 3.05) is 19.6 Å². The molecule has 22 heavy (non-hydrogen) atoms. The highest BCUT2D eigenvalue weighted by Gasteiger charge is 2.54. The Balaban J connectivity index is 2.15. The third-order valence-corrected chi connectivity index (χ3v) is 5.30. The summed E-state index contributed by atoms with van der Waals surface area (Å²) >= 11 is 0. The number of benzene rings is 1. The number of likely N-dealkylation sites (N-methyl/N-ethyl adjacent to an activating group) is 1. The largest absolute Gasteiger partial charge is 0.334 e. The maximum Gasteiger partial charge on any atom is 0.254 e. The van der Waals surface area contributed by atoms with Crippen LogP contribution in [-0.2, 0) is 0 Å². The Morgan fingerprint density at radius 1 is 1.23 bits per heavy atom. The molecule has 0 aliphatic carbocycles. The highest BCUT2D eigenvalue weighted by Crippen LogP contribution is 2.41. The molecule has 1 aromatic carbocycles. The number of carbonyl (C=O) groups excluding carboxylic acids is 2. The van der Waals surface area contributed by atoms with Gasteiger partial charge in [-0.2, -0.15) is 0 Å². The molecule has 4 heteroatoms. The van der Waals surface area contributed by atoms with E-state index < -0.39 is 5.41 Å². The maximum atomic E-state index is 13.2. The number of ketones is 1. The van der Waals surface area contributed by atoms with Crippen molar-refractivity contribution in [2.45, 2.75) is 39.8 Å². The summed E-state index contributed by atoms with van der Waals surface area (Å²) in [6, 6.07) is 7.59. The molecular weight excluding hydrogens is 276 g/mol. The Hall–Kier alpha value is -1.68. The SMILES string of the molecule is CCN1C(=O)c2ccccc2C(=O)[C@@]2(C)CN(C(C)C)C[C@@H]12. The summed E-state index contributed by atoms with van der Waals surface area (Å²) < 4.78 is 0. The van der Waals surface area contributed by atoms with E-state index in [1.165, 1.54) is 0 Å². The van der Waals surface area contributed by atoms with E-state index in [1.54, 1.807) is 12.1 Å². The van der Waals surface area contributed by atoms with E-state index in [0.29, 0.717) is 30.3 Å². The van der Waals surface area contributed by atoms with Gasteiger partial charge >= 0.3 is 0 Å². The van der Waals surface area contributed by atoms with Crippen LogP contribution in [0.25, 0.3) is 0 Å². The van der Waals surface area contributed by atoms with Gasteiger partial charge < -0.3 is 4.90 Å². The Labute approximate surface area is 132 Å². The smallest absolute Gasteiger partial charge is 0.254 e. The fourth-order valence-electron chi connectivity index (χ4n) is 3.91. The van der Waals surface area contributed by atoms with E-state index in [4.69, 9.17) is 0 Å². The lowest BCUT2D eigenvalue weighted by atomic mass is 9.78. The number of likely N-dealkylation sites (tertiary alicyclic amines) is 1. The summed E-state index contributed by atoms with van der Waals surface area (Å²) in [6.45, 7) is 10.4. The van der Waals surface area contributed by atoms with Crippen LogP contribution in [0, 0.1) is 5.41 Å². The molecule has 0 bridgehead atoms. The van der Waals surface area contributed by atoms with E-state index in [2.05, 4.69) is 18.7 Å². The zero-order valence-electron chi connectivity index (χ0n) is 13.8. The van der Waals surface area contributed by atoms with Gasteiger partial charge in [0.2, 0.25) is 0 Å². The number of hydrogen-bond donors (Lipinski definition) is 0. The van der Waals surface area contributed by atoms with Crippen LogP contribution in [0.2, 0.25) is 0 Å². The lowest BCUT2D eigenvalue weighted by Crippen LogP contribution is -2.49. The molecule has 0 radical (unpaired) electrons. The van der Waals surface area contributed by atoms with E-state index >= 15 is 0 Å². The van der Waals surface area contributed by atoms with Crippen molar-refractivity contribution in [1.29, 1.82) is 0 Å². The summed E-state index contributed by atoms with van der Waals surface area (Å²) in [6.07, 6.45) is 0. The van der Waals surface area contributed by atoms with Crippen LogP contribution in [-0.4, -0.2) is 53.2 Å². The summed E-state index contributed by atoms with van der Waals surface area (Å²) in [5.41, 5.74) is 0.616. The molecule has 0 saturated carbocycles. The molecule has 2 aliphatic heterocycles. The molecule has 2 atom stereocenters. The third-order valence-electron chi connectivity index (χ3n) is 5.30. The molecule has 4 nitrogen and oxygen atoms in total. The van der Waals surface area contributed by atoms with Crippen LogP contribution in [0.5, 0.6) is 0 Å². The van der Waals surface area contributed by atoms with Crippen molar-refractivity contribution in [3.8, 4) is 0 Å². The molecular formula is C18H24N2O2. The molecule has 1 fully saturated rings. The summed E-state index contributed by atoms with van der Waals surface area (Å²) in [7, 11) is 0. The van der Waals surface area contributed by atoms with Crippen LogP contribution in [0.15, 0.2) is 24.3 Å². The Kier molecular flexibility index (Phi) is 3.60. The first kappa shape index (κ1) is 15.2. The molecule has 1 amide bonds. The minimum atomic E-state index is -0.525. The maximum absolute atomic E-state index is 13.2. The average molecular weight is 300 g/mol. The highest BCUT2D eigenvalue weighted by atomic mass is 16.2. The molecule has 1 saturated heterocycles. The van der Waals surface area contributed by atoms with Crippen molar-refractivity contribution in [3.05, 3.63) is 35.4 Å². The van der Waals surface area contributed by atoms with Gasteiger partial charge in [0.25, 0.3) is 5.91 Å². The lowest BCUT2D eigenvalue weighted by molar-refractivity contribution is 0.0560. The minimum absolute atomic E-state index is 0.00854. The quantitative estimate of drug-likeness (QED) is 0.842. The Bertz CT molecular complexity index is 625. The monoisotopic (exact) mass is 300 g/mol. The predicted octanol–water partition coefficient (Wildman–Crippen LogP) is 2.44. The van der Waals surface area contributed by atoms with E-state index in [1.807, 2.05) is 30.9 Å². The fraction of sp³-hybridized carbons (Fsp3) is 0.556. The van der Waals surface area contributed by atoms with E-state index in [9.17, 15) is 9.59 Å². The minimum Gasteiger partial charge on any atom is -0.334 e. The second kappa shape index (κ2) is 5.20. The summed E-state index contributed by atoms with van der Waals surface area (Å²) in [5, 5.41) is 0. The number of nitrogens with zero attached hydrogens (tertiary/aromatic N) is 2. The van der Waals surface area contributed by atoms with Crippen LogP contribution in [0.3, 0.4) is 0 Å². The van der Waals surface area contributed by atoms with Gasteiger partial charge in [-0.25, -0.2) is 0 Å². The standard InChI is InChI=1S/C18H24N2O2/c1-5-20-15-10-19(12(2)3)11-18(15,4)16(21)13-8-6-7-9-14(13)17(20)22/h6-9,12,15H,5,10-11H2,1-4H3/t15-,18+/m1/s1. The van der Waals surface area contributed by atoms with Crippen LogP contribution in [0.1, 0.15) is 48.4 Å². The topological polar surface area (TPSA) is 40.6 Å². The molecule has 118 valence electrons. The van der Waals surface area contributed by atoms with Gasteiger partial charge in [-0.3, -0.25) is 14.5 Å². The van der Waals surface area contributed by atoms with Crippen molar-refractivity contribution in [3.63, 3.8) is 0 Å². The second-order valence-electron chi connectivity index (χ2n) is 6.92. The number of fused-ring (bicyclic) bond motifs is 2. The summed E-state index contributed by atoms with van der Waals surface area (Å²) in [4.78, 5) is 30.3. The number of rotatable bonds is 2. The molecule has 2 heterocycles. The van der Waals surface area contributed by atoms with Crippen molar-refractivity contribution in [1.82, 2.24) is 9.80 Å². The Morgan fingerprint density at radius 2 is 1.86 bits per heavy atom. The fourth-order valence-corrected chi connectivity index (χ4v) is 3.91. The van der Waals surface area contributed by atoms with Crippen molar-refractivity contribution >= 4 is 11.7 Å².